The maximum absolute atomic E-state index is 6.67. The van der Waals surface area contributed by atoms with Crippen molar-refractivity contribution in [1.29, 1.82) is 1.43 Å². The molecule has 0 aliphatic heterocycles. The van der Waals surface area contributed by atoms with Crippen molar-refractivity contribution in [3.63, 3.8) is 0 Å². The van der Waals surface area contributed by atoms with Crippen molar-refractivity contribution in [3.8, 4) is 0 Å². The average molecular weight is 226 g/mol. The van der Waals surface area contributed by atoms with E-state index in [0.29, 0.717) is 11.4 Å². The van der Waals surface area contributed by atoms with Gasteiger partial charge in [-0.05, 0) is 17.5 Å². The molecule has 2 nitrogen and oxygen atoms in total. The van der Waals surface area contributed by atoms with E-state index in [0.717, 1.165) is 4.48 Å². The van der Waals surface area contributed by atoms with Crippen LogP contribution in [-0.2, 0) is 0 Å². The number of allylic oxidation sites excluding steroid dienone is 1. The molecule has 0 bridgehead atoms. The van der Waals surface area contributed by atoms with E-state index in [1.165, 1.54) is 0 Å². The van der Waals surface area contributed by atoms with Gasteiger partial charge in [0.15, 0.2) is 0 Å². The molecule has 0 aromatic heterocycles. The fourth-order valence-electron chi connectivity index (χ4n) is 0.513. The van der Waals surface area contributed by atoms with E-state index in [-0.39, 0.29) is 6.10 Å². The molecule has 0 saturated heterocycles. The van der Waals surface area contributed by atoms with Gasteiger partial charge in [0, 0.05) is 6.42 Å². The van der Waals surface area contributed by atoms with Gasteiger partial charge in [-0.1, -0.05) is 28.1 Å². The van der Waals surface area contributed by atoms with E-state index in [2.05, 4.69) is 33.3 Å². The van der Waals surface area contributed by atoms with Crippen molar-refractivity contribution < 1.29 is 5.11 Å². The molecule has 0 spiro atoms. The maximum atomic E-state index is 6.67. The number of rotatable bonds is 4. The van der Waals surface area contributed by atoms with Crippen molar-refractivity contribution >= 4 is 33.1 Å². The molecular formula is C6H10BrNOS. The molecule has 0 saturated carbocycles. The fraction of sp³-hybridized carbons (Fsp3) is 0.500. The molecule has 0 unspecified atom stereocenters. The number of aliphatic hydroxyl groups excluding tert-OH is 1. The summed E-state index contributed by atoms with van der Waals surface area (Å²) in [5.74, 6) is 0. The zero-order chi connectivity index (χ0) is 8.85. The van der Waals surface area contributed by atoms with E-state index in [4.69, 9.17) is 7.16 Å². The Labute approximate surface area is 75.7 Å². The van der Waals surface area contributed by atoms with Gasteiger partial charge in [0.25, 0.3) is 0 Å². The van der Waals surface area contributed by atoms with Crippen LogP contribution in [-0.4, -0.2) is 17.6 Å². The normalized spacial score (nSPS) is 16.2. The molecule has 4 heteroatoms. The summed E-state index contributed by atoms with van der Waals surface area (Å²) < 4.78 is 7.57. The molecule has 0 radical (unpaired) electrons. The predicted octanol–water partition coefficient (Wildman–Crippen LogP) is 1.32. The Balaban J connectivity index is 3.96. The van der Waals surface area contributed by atoms with Gasteiger partial charge in [0.05, 0.1) is 11.1 Å². The third kappa shape index (κ3) is 6.19. The lowest BCUT2D eigenvalue weighted by molar-refractivity contribution is 0.231. The van der Waals surface area contributed by atoms with Crippen LogP contribution in [0.1, 0.15) is 13.3 Å². The minimum atomic E-state index is -0.341. The molecule has 0 fully saturated rings. The van der Waals surface area contributed by atoms with Crippen LogP contribution in [0.5, 0.6) is 0 Å². The molecule has 0 aliphatic rings. The smallest absolute Gasteiger partial charge is 0.211 e. The standard InChI is InChI=1S/C6H10BrNOS/c1-4(7)2-5(9)3-6(8)10/h2,5,9H,3H2,1H3,(H2,8,10)/t5-/m0/s1/i9T. The zero-order valence-corrected chi connectivity index (χ0v) is 8.04. The highest BCUT2D eigenvalue weighted by molar-refractivity contribution is 9.11. The molecule has 0 aliphatic carbocycles. The van der Waals surface area contributed by atoms with E-state index in [1.807, 2.05) is 6.92 Å². The van der Waals surface area contributed by atoms with Gasteiger partial charge in [-0.2, -0.15) is 0 Å². The molecule has 0 amide bonds. The Morgan fingerprint density at radius 1 is 2.10 bits per heavy atom. The Kier molecular flexibility index (Phi) is 3.94. The van der Waals surface area contributed by atoms with E-state index in [1.54, 1.807) is 6.08 Å². The third-order valence-electron chi connectivity index (χ3n) is 0.818. The van der Waals surface area contributed by atoms with Crippen molar-refractivity contribution in [3.05, 3.63) is 10.6 Å². The van der Waals surface area contributed by atoms with E-state index >= 15 is 0 Å². The summed E-state index contributed by atoms with van der Waals surface area (Å²) >= 11 is 7.88. The summed E-state index contributed by atoms with van der Waals surface area (Å²) in [6.45, 7) is 1.85. The first-order chi connectivity index (χ1) is 5.06. The van der Waals surface area contributed by atoms with Crippen molar-refractivity contribution in [2.75, 3.05) is 0 Å². The lowest BCUT2D eigenvalue weighted by Gasteiger charge is -2.02. The quantitative estimate of drug-likeness (QED) is 0.710. The molecule has 1 atom stereocenters. The van der Waals surface area contributed by atoms with Crippen LogP contribution < -0.4 is 5.73 Å². The topological polar surface area (TPSA) is 46.2 Å². The molecule has 10 heavy (non-hydrogen) atoms. The molecular weight excluding hydrogens is 214 g/mol. The highest BCUT2D eigenvalue weighted by Gasteiger charge is 2.00. The van der Waals surface area contributed by atoms with E-state index in [9.17, 15) is 0 Å². The van der Waals surface area contributed by atoms with Gasteiger partial charge < -0.3 is 10.8 Å². The summed E-state index contributed by atoms with van der Waals surface area (Å²) in [6.07, 6.45) is 1.81. The van der Waals surface area contributed by atoms with Crippen LogP contribution in [0, 0.1) is 0 Å². The highest BCUT2D eigenvalue weighted by atomic mass is 79.9. The number of aliphatic hydroxyl groups is 1. The first-order valence-corrected chi connectivity index (χ1v) is 4.00. The van der Waals surface area contributed by atoms with Gasteiger partial charge >= 0.3 is 0 Å². The van der Waals surface area contributed by atoms with Gasteiger partial charge in [-0.15, -0.1) is 0 Å². The zero-order valence-electron chi connectivity index (χ0n) is 6.63. The second kappa shape index (κ2) is 4.82. The first-order valence-electron chi connectivity index (χ1n) is 3.21. The second-order valence-electron chi connectivity index (χ2n) is 1.96. The van der Waals surface area contributed by atoms with Crippen LogP contribution in [0.15, 0.2) is 10.6 Å². The lowest BCUT2D eigenvalue weighted by atomic mass is 10.2. The predicted molar refractivity (Wildman–Crippen MR) is 50.1 cm³/mol. The summed E-state index contributed by atoms with van der Waals surface area (Å²) in [4.78, 5) is 0.354. The van der Waals surface area contributed by atoms with Gasteiger partial charge in [0.2, 0.25) is 1.43 Å². The average Bonchev–Trinajstić information content (AvgIpc) is 1.84. The van der Waals surface area contributed by atoms with Crippen LogP contribution in [0.3, 0.4) is 0 Å². The fourth-order valence-corrected chi connectivity index (χ4v) is 0.972. The summed E-state index contributed by atoms with van der Waals surface area (Å²) in [5.41, 5.74) is 5.27. The summed E-state index contributed by atoms with van der Waals surface area (Å²) in [6, 6.07) is 0. The molecule has 3 N–H and O–H groups in total. The first kappa shape index (κ1) is 8.17. The molecule has 0 aromatic carbocycles. The van der Waals surface area contributed by atoms with Gasteiger partial charge in [-0.3, -0.25) is 0 Å². The Bertz CT molecular complexity index is 170. The maximum Gasteiger partial charge on any atom is 0.211 e. The minimum absolute atomic E-state index is 0.341. The van der Waals surface area contributed by atoms with Gasteiger partial charge in [0.1, 0.15) is 0 Å². The van der Waals surface area contributed by atoms with Gasteiger partial charge in [-0.25, -0.2) is 0 Å². The highest BCUT2D eigenvalue weighted by Crippen LogP contribution is 2.05. The van der Waals surface area contributed by atoms with Crippen LogP contribution in [0.25, 0.3) is 0 Å². The summed E-state index contributed by atoms with van der Waals surface area (Å²) in [5, 5.41) is 4.35. The third-order valence-corrected chi connectivity index (χ3v) is 1.25. The van der Waals surface area contributed by atoms with Crippen molar-refractivity contribution in [1.82, 2.24) is 0 Å². The molecule has 58 valence electrons. The monoisotopic (exact) mass is 225 g/mol. The van der Waals surface area contributed by atoms with Crippen LogP contribution in [0.2, 0.25) is 0 Å². The number of halogens is 1. The largest absolute Gasteiger partial charge is 0.393 e. The number of thiocarbonyl (C=S) groups is 1. The lowest BCUT2D eigenvalue weighted by Crippen LogP contribution is -2.16. The number of hydrogen-bond acceptors (Lipinski definition) is 2. The minimum Gasteiger partial charge on any atom is -0.393 e. The van der Waals surface area contributed by atoms with E-state index < -0.39 is 0 Å². The van der Waals surface area contributed by atoms with Crippen LogP contribution in [0.4, 0.5) is 0 Å². The Hall–Kier alpha value is 0.0700. The van der Waals surface area contributed by atoms with Crippen LogP contribution >= 0.6 is 28.1 Å². The molecule has 0 rings (SSSR count). The molecule has 0 aromatic rings. The molecule has 0 heterocycles. The Morgan fingerprint density at radius 3 is 3.00 bits per heavy atom. The number of hydrogen-bond donors (Lipinski definition) is 2. The SMILES string of the molecule is [3H]O[C@@H](C=C(C)Br)CC(N)=S. The van der Waals surface area contributed by atoms with Crippen molar-refractivity contribution in [2.24, 2.45) is 5.73 Å². The Morgan fingerprint density at radius 2 is 2.70 bits per heavy atom. The summed E-state index contributed by atoms with van der Waals surface area (Å²) in [7, 11) is 0. The number of nitrogens with two attached hydrogens (primary N) is 1. The van der Waals surface area contributed by atoms with Crippen molar-refractivity contribution in [2.45, 2.75) is 19.4 Å². The second-order valence-corrected chi connectivity index (χ2v) is 3.74.